The van der Waals surface area contributed by atoms with E-state index in [4.69, 9.17) is 9.26 Å². The molecule has 0 N–H and O–H groups in total. The maximum absolute atomic E-state index is 12.9. The number of aromatic nitrogens is 4. The van der Waals surface area contributed by atoms with Gasteiger partial charge in [0.1, 0.15) is 18.0 Å². The molecule has 0 atom stereocenters. The van der Waals surface area contributed by atoms with Crippen molar-refractivity contribution in [1.29, 1.82) is 0 Å². The number of ether oxygens (including phenoxy) is 1. The summed E-state index contributed by atoms with van der Waals surface area (Å²) in [5.74, 6) is 1.41. The lowest BCUT2D eigenvalue weighted by Crippen LogP contribution is -2.28. The maximum atomic E-state index is 12.9. The first kappa shape index (κ1) is 17.7. The van der Waals surface area contributed by atoms with E-state index in [1.165, 1.54) is 0 Å². The number of rotatable bonds is 5. The highest BCUT2D eigenvalue weighted by atomic mass is 16.5. The van der Waals surface area contributed by atoms with Gasteiger partial charge in [0.15, 0.2) is 0 Å². The molecule has 3 aromatic heterocycles. The molecule has 1 amide bonds. The molecule has 142 valence electrons. The highest BCUT2D eigenvalue weighted by molar-refractivity contribution is 5.98. The van der Waals surface area contributed by atoms with Gasteiger partial charge >= 0.3 is 0 Å². The molecule has 0 saturated heterocycles. The fourth-order valence-corrected chi connectivity index (χ4v) is 3.06. The third kappa shape index (κ3) is 3.20. The van der Waals surface area contributed by atoms with Crippen LogP contribution in [0.25, 0.3) is 22.3 Å². The van der Waals surface area contributed by atoms with E-state index in [0.29, 0.717) is 17.4 Å². The quantitative estimate of drug-likeness (QED) is 0.532. The van der Waals surface area contributed by atoms with Gasteiger partial charge < -0.3 is 18.7 Å². The third-order valence-corrected chi connectivity index (χ3v) is 4.58. The number of carbonyl (C=O) groups is 1. The molecule has 4 rings (SSSR count). The van der Waals surface area contributed by atoms with Gasteiger partial charge in [-0.15, -0.1) is 0 Å². The first-order valence-corrected chi connectivity index (χ1v) is 8.68. The first-order valence-electron chi connectivity index (χ1n) is 8.68. The van der Waals surface area contributed by atoms with Crippen molar-refractivity contribution in [2.45, 2.75) is 6.54 Å². The second-order valence-electron chi connectivity index (χ2n) is 6.43. The van der Waals surface area contributed by atoms with Gasteiger partial charge in [-0.1, -0.05) is 5.16 Å². The van der Waals surface area contributed by atoms with Crippen LogP contribution < -0.4 is 4.74 Å². The standard InChI is InChI=1S/C20H19N5O3/c1-24(12-18-22-19(23-28-18)13-5-4-8-21-11-13)20(26)17-10-14-9-15(27-3)6-7-16(14)25(17)2/h4-11H,12H2,1-3H3. The molecule has 8 nitrogen and oxygen atoms in total. The highest BCUT2D eigenvalue weighted by Gasteiger charge is 2.20. The largest absolute Gasteiger partial charge is 0.497 e. The summed E-state index contributed by atoms with van der Waals surface area (Å²) < 4.78 is 12.4. The first-order chi connectivity index (χ1) is 13.6. The molecule has 0 aliphatic heterocycles. The van der Waals surface area contributed by atoms with Gasteiger partial charge in [-0.3, -0.25) is 9.78 Å². The lowest BCUT2D eigenvalue weighted by molar-refractivity contribution is 0.0760. The van der Waals surface area contributed by atoms with E-state index in [-0.39, 0.29) is 12.5 Å². The number of benzene rings is 1. The Morgan fingerprint density at radius 1 is 1.29 bits per heavy atom. The molecule has 1 aromatic carbocycles. The number of fused-ring (bicyclic) bond motifs is 1. The minimum atomic E-state index is -0.140. The Bertz CT molecular complexity index is 1130. The van der Waals surface area contributed by atoms with Crippen LogP contribution in [-0.4, -0.2) is 44.7 Å². The molecule has 0 aliphatic rings. The second kappa shape index (κ2) is 7.15. The maximum Gasteiger partial charge on any atom is 0.270 e. The Labute approximate surface area is 161 Å². The minimum absolute atomic E-state index is 0.140. The Kier molecular flexibility index (Phi) is 4.52. The van der Waals surface area contributed by atoms with Crippen molar-refractivity contribution in [3.63, 3.8) is 0 Å². The highest BCUT2D eigenvalue weighted by Crippen LogP contribution is 2.24. The summed E-state index contributed by atoms with van der Waals surface area (Å²) in [6, 6.07) is 11.2. The van der Waals surface area contributed by atoms with E-state index in [2.05, 4.69) is 15.1 Å². The lowest BCUT2D eigenvalue weighted by atomic mass is 10.2. The Morgan fingerprint density at radius 3 is 2.89 bits per heavy atom. The van der Waals surface area contributed by atoms with Gasteiger partial charge in [-0.2, -0.15) is 4.98 Å². The van der Waals surface area contributed by atoms with E-state index in [9.17, 15) is 4.79 Å². The normalized spacial score (nSPS) is 11.0. The fraction of sp³-hybridized carbons (Fsp3) is 0.200. The number of pyridine rings is 1. The Balaban J connectivity index is 1.55. The fourth-order valence-electron chi connectivity index (χ4n) is 3.06. The van der Waals surface area contributed by atoms with Gasteiger partial charge in [-0.25, -0.2) is 0 Å². The molecule has 28 heavy (non-hydrogen) atoms. The monoisotopic (exact) mass is 377 g/mol. The van der Waals surface area contributed by atoms with Crippen LogP contribution in [0, 0.1) is 0 Å². The summed E-state index contributed by atoms with van der Waals surface area (Å²) in [5.41, 5.74) is 2.28. The average molecular weight is 377 g/mol. The average Bonchev–Trinajstić information content (AvgIpc) is 3.32. The third-order valence-electron chi connectivity index (χ3n) is 4.58. The molecule has 0 bridgehead atoms. The van der Waals surface area contributed by atoms with E-state index < -0.39 is 0 Å². The van der Waals surface area contributed by atoms with Crippen LogP contribution in [0.15, 0.2) is 53.3 Å². The summed E-state index contributed by atoms with van der Waals surface area (Å²) in [6.07, 6.45) is 3.34. The van der Waals surface area contributed by atoms with Crippen molar-refractivity contribution in [3.05, 3.63) is 60.4 Å². The number of aryl methyl sites for hydroxylation is 1. The summed E-state index contributed by atoms with van der Waals surface area (Å²) >= 11 is 0. The molecule has 0 fully saturated rings. The van der Waals surface area contributed by atoms with Crippen LogP contribution in [-0.2, 0) is 13.6 Å². The predicted octanol–water partition coefficient (Wildman–Crippen LogP) is 2.90. The van der Waals surface area contributed by atoms with Crippen molar-refractivity contribution >= 4 is 16.8 Å². The van der Waals surface area contributed by atoms with Crippen molar-refractivity contribution < 1.29 is 14.1 Å². The molecule has 3 heterocycles. The number of methoxy groups -OCH3 is 1. The van der Waals surface area contributed by atoms with E-state index in [0.717, 1.165) is 22.2 Å². The van der Waals surface area contributed by atoms with Gasteiger partial charge in [0.2, 0.25) is 11.7 Å². The Hall–Kier alpha value is -3.68. The van der Waals surface area contributed by atoms with Gasteiger partial charge in [0.25, 0.3) is 5.91 Å². The van der Waals surface area contributed by atoms with Crippen LogP contribution >= 0.6 is 0 Å². The second-order valence-corrected chi connectivity index (χ2v) is 6.43. The van der Waals surface area contributed by atoms with Crippen LogP contribution in [0.5, 0.6) is 5.75 Å². The zero-order chi connectivity index (χ0) is 19.7. The topological polar surface area (TPSA) is 86.3 Å². The zero-order valence-electron chi connectivity index (χ0n) is 15.8. The van der Waals surface area contributed by atoms with E-state index >= 15 is 0 Å². The van der Waals surface area contributed by atoms with Gasteiger partial charge in [-0.05, 0) is 36.4 Å². The molecule has 0 aliphatic carbocycles. The zero-order valence-corrected chi connectivity index (χ0v) is 15.8. The molecule has 4 aromatic rings. The molecule has 0 saturated carbocycles. The Morgan fingerprint density at radius 2 is 2.14 bits per heavy atom. The number of nitrogens with zero attached hydrogens (tertiary/aromatic N) is 5. The molecular weight excluding hydrogens is 358 g/mol. The summed E-state index contributed by atoms with van der Waals surface area (Å²) in [6.45, 7) is 0.205. The summed E-state index contributed by atoms with van der Waals surface area (Å²) in [7, 11) is 5.19. The smallest absolute Gasteiger partial charge is 0.270 e. The molecule has 0 radical (unpaired) electrons. The number of hydrogen-bond acceptors (Lipinski definition) is 6. The molecule has 0 unspecified atom stereocenters. The molecule has 0 spiro atoms. The van der Waals surface area contributed by atoms with E-state index in [1.807, 2.05) is 41.9 Å². The predicted molar refractivity (Wildman–Crippen MR) is 103 cm³/mol. The van der Waals surface area contributed by atoms with Crippen LogP contribution in [0.2, 0.25) is 0 Å². The van der Waals surface area contributed by atoms with Crippen molar-refractivity contribution in [2.24, 2.45) is 7.05 Å². The number of carbonyl (C=O) groups excluding carboxylic acids is 1. The van der Waals surface area contributed by atoms with Gasteiger partial charge in [0.05, 0.1) is 7.11 Å². The van der Waals surface area contributed by atoms with Crippen LogP contribution in [0.3, 0.4) is 0 Å². The van der Waals surface area contributed by atoms with Crippen LogP contribution in [0.4, 0.5) is 0 Å². The van der Waals surface area contributed by atoms with Crippen molar-refractivity contribution in [1.82, 2.24) is 24.6 Å². The summed E-state index contributed by atoms with van der Waals surface area (Å²) in [4.78, 5) is 22.9. The SMILES string of the molecule is COc1ccc2c(c1)cc(C(=O)N(C)Cc1nc(-c3cccnc3)no1)n2C. The van der Waals surface area contributed by atoms with Crippen LogP contribution in [0.1, 0.15) is 16.4 Å². The lowest BCUT2D eigenvalue weighted by Gasteiger charge is -2.15. The van der Waals surface area contributed by atoms with Gasteiger partial charge in [0, 0.05) is 43.0 Å². The van der Waals surface area contributed by atoms with Crippen molar-refractivity contribution in [3.8, 4) is 17.1 Å². The minimum Gasteiger partial charge on any atom is -0.497 e. The number of amides is 1. The van der Waals surface area contributed by atoms with E-state index in [1.54, 1.807) is 37.5 Å². The van der Waals surface area contributed by atoms with Crippen molar-refractivity contribution in [2.75, 3.05) is 14.2 Å². The molecular formula is C20H19N5O3. The number of hydrogen-bond donors (Lipinski definition) is 0. The summed E-state index contributed by atoms with van der Waals surface area (Å²) in [5, 5.41) is 4.90. The molecule has 8 heteroatoms.